The first kappa shape index (κ1) is 24.2. The zero-order chi connectivity index (χ0) is 25.6. The van der Waals surface area contributed by atoms with Gasteiger partial charge in [0.1, 0.15) is 11.4 Å². The number of aryl methyl sites for hydroxylation is 2. The number of hydrogen-bond donors (Lipinski definition) is 1. The lowest BCUT2D eigenvalue weighted by atomic mass is 10.1. The van der Waals surface area contributed by atoms with Crippen molar-refractivity contribution in [2.24, 2.45) is 0 Å². The standard InChI is InChI=1S/C24H18ClFN4O4S/c1-12-8-17(30(33)34)5-7-21(12)28-13(2)9-15(14(28)3)10-18-22(31)27-24(35)29(23(18)32)16-4-6-20(26)19(25)11-16/h4-11H,1-3H3,(H,27,31,35)/b18-10+. The topological polar surface area (TPSA) is 97.5 Å². The van der Waals surface area contributed by atoms with Crippen LogP contribution in [0.15, 0.2) is 48.0 Å². The van der Waals surface area contributed by atoms with Crippen molar-refractivity contribution >= 4 is 58.2 Å². The predicted octanol–water partition coefficient (Wildman–Crippen LogP) is 4.93. The van der Waals surface area contributed by atoms with Crippen molar-refractivity contribution < 1.29 is 18.9 Å². The van der Waals surface area contributed by atoms with E-state index in [-0.39, 0.29) is 27.1 Å². The highest BCUT2D eigenvalue weighted by molar-refractivity contribution is 7.80. The molecule has 178 valence electrons. The predicted molar refractivity (Wildman–Crippen MR) is 134 cm³/mol. The summed E-state index contributed by atoms with van der Waals surface area (Å²) in [6.45, 7) is 5.43. The molecule has 0 aliphatic carbocycles. The van der Waals surface area contributed by atoms with Gasteiger partial charge in [-0.05, 0) is 80.5 Å². The van der Waals surface area contributed by atoms with Gasteiger partial charge in [0, 0.05) is 29.2 Å². The number of halogens is 2. The SMILES string of the molecule is Cc1cc([N+](=O)[O-])ccc1-n1c(C)cc(/C=C2\C(=O)NC(=S)N(c3ccc(F)c(Cl)c3)C2=O)c1C. The second kappa shape index (κ2) is 9.05. The summed E-state index contributed by atoms with van der Waals surface area (Å²) < 4.78 is 15.5. The molecule has 0 radical (unpaired) electrons. The first-order chi connectivity index (χ1) is 16.5. The maximum atomic E-state index is 13.6. The fourth-order valence-electron chi connectivity index (χ4n) is 3.98. The van der Waals surface area contributed by atoms with E-state index in [1.165, 1.54) is 30.3 Å². The minimum Gasteiger partial charge on any atom is -0.318 e. The highest BCUT2D eigenvalue weighted by atomic mass is 35.5. The van der Waals surface area contributed by atoms with Crippen LogP contribution in [-0.2, 0) is 9.59 Å². The zero-order valence-electron chi connectivity index (χ0n) is 18.8. The van der Waals surface area contributed by atoms with E-state index >= 15 is 0 Å². The van der Waals surface area contributed by atoms with E-state index in [0.29, 0.717) is 11.1 Å². The van der Waals surface area contributed by atoms with Gasteiger partial charge in [0.15, 0.2) is 5.11 Å². The Kier molecular flexibility index (Phi) is 6.27. The Balaban J connectivity index is 1.77. The summed E-state index contributed by atoms with van der Waals surface area (Å²) in [7, 11) is 0. The number of carbonyl (C=O) groups excluding carboxylic acids is 2. The van der Waals surface area contributed by atoms with E-state index < -0.39 is 22.6 Å². The highest BCUT2D eigenvalue weighted by Gasteiger charge is 2.35. The quantitative estimate of drug-likeness (QED) is 0.176. The van der Waals surface area contributed by atoms with E-state index in [0.717, 1.165) is 28.0 Å². The van der Waals surface area contributed by atoms with Gasteiger partial charge < -0.3 is 4.57 Å². The molecule has 0 saturated carbocycles. The van der Waals surface area contributed by atoms with Crippen LogP contribution in [0, 0.1) is 36.7 Å². The largest absolute Gasteiger partial charge is 0.318 e. The van der Waals surface area contributed by atoms with Crippen LogP contribution in [-0.4, -0.2) is 26.4 Å². The summed E-state index contributed by atoms with van der Waals surface area (Å²) in [5.41, 5.74) is 3.57. The van der Waals surface area contributed by atoms with E-state index in [9.17, 15) is 24.1 Å². The molecule has 0 spiro atoms. The summed E-state index contributed by atoms with van der Waals surface area (Å²) in [6, 6.07) is 10.1. The second-order valence-electron chi connectivity index (χ2n) is 7.95. The molecule has 2 amide bonds. The first-order valence-corrected chi connectivity index (χ1v) is 11.1. The third-order valence-electron chi connectivity index (χ3n) is 5.67. The Morgan fingerprint density at radius 3 is 2.46 bits per heavy atom. The number of nitrogens with zero attached hydrogens (tertiary/aromatic N) is 3. The van der Waals surface area contributed by atoms with Crippen molar-refractivity contribution in [3.05, 3.63) is 91.5 Å². The van der Waals surface area contributed by atoms with Crippen LogP contribution in [0.5, 0.6) is 0 Å². The zero-order valence-corrected chi connectivity index (χ0v) is 20.3. The average molecular weight is 513 g/mol. The Labute approximate surface area is 209 Å². The highest BCUT2D eigenvalue weighted by Crippen LogP contribution is 2.29. The number of carbonyl (C=O) groups is 2. The molecule has 1 aliphatic rings. The van der Waals surface area contributed by atoms with Crippen LogP contribution in [0.1, 0.15) is 22.5 Å². The van der Waals surface area contributed by atoms with Gasteiger partial charge in [0.25, 0.3) is 17.5 Å². The molecule has 8 nitrogen and oxygen atoms in total. The van der Waals surface area contributed by atoms with Gasteiger partial charge in [0.2, 0.25) is 0 Å². The molecule has 0 atom stereocenters. The smallest absolute Gasteiger partial charge is 0.270 e. The van der Waals surface area contributed by atoms with Gasteiger partial charge in [-0.3, -0.25) is 29.9 Å². The van der Waals surface area contributed by atoms with Crippen molar-refractivity contribution in [2.75, 3.05) is 4.90 Å². The molecule has 35 heavy (non-hydrogen) atoms. The molecule has 1 aliphatic heterocycles. The van der Waals surface area contributed by atoms with Gasteiger partial charge in [-0.2, -0.15) is 0 Å². The number of anilines is 1. The number of thiocarbonyl (C=S) groups is 1. The number of nitro groups is 1. The third-order valence-corrected chi connectivity index (χ3v) is 6.24. The molecule has 1 aromatic heterocycles. The Morgan fingerprint density at radius 2 is 1.83 bits per heavy atom. The molecular weight excluding hydrogens is 495 g/mol. The number of non-ortho nitro benzene ring substituents is 1. The maximum Gasteiger partial charge on any atom is 0.270 e. The molecule has 11 heteroatoms. The molecule has 1 fully saturated rings. The molecule has 3 aromatic rings. The Hall–Kier alpha value is -3.89. The molecule has 1 N–H and O–H groups in total. The van der Waals surface area contributed by atoms with Crippen LogP contribution in [0.3, 0.4) is 0 Å². The van der Waals surface area contributed by atoms with Crippen LogP contribution >= 0.6 is 23.8 Å². The number of nitro benzene ring substituents is 1. The van der Waals surface area contributed by atoms with Crippen LogP contribution in [0.25, 0.3) is 11.8 Å². The lowest BCUT2D eigenvalue weighted by molar-refractivity contribution is -0.384. The lowest BCUT2D eigenvalue weighted by Gasteiger charge is -2.29. The number of amides is 2. The molecular formula is C24H18ClFN4O4S. The van der Waals surface area contributed by atoms with Crippen LogP contribution in [0.2, 0.25) is 5.02 Å². The minimum atomic E-state index is -0.683. The van der Waals surface area contributed by atoms with Crippen LogP contribution < -0.4 is 10.2 Å². The molecule has 0 bridgehead atoms. The summed E-state index contributed by atoms with van der Waals surface area (Å²) in [6.07, 6.45) is 1.46. The normalized spacial score (nSPS) is 15.1. The van der Waals surface area contributed by atoms with Crippen molar-refractivity contribution in [3.8, 4) is 5.69 Å². The Morgan fingerprint density at radius 1 is 1.11 bits per heavy atom. The van der Waals surface area contributed by atoms with Crippen molar-refractivity contribution in [3.63, 3.8) is 0 Å². The third kappa shape index (κ3) is 4.33. The molecule has 1 saturated heterocycles. The van der Waals surface area contributed by atoms with Crippen molar-refractivity contribution in [1.29, 1.82) is 0 Å². The number of nitrogens with one attached hydrogen (secondary N) is 1. The number of rotatable bonds is 4. The first-order valence-electron chi connectivity index (χ1n) is 10.3. The summed E-state index contributed by atoms with van der Waals surface area (Å²) in [5, 5.41) is 13.2. The minimum absolute atomic E-state index is 0.0162. The van der Waals surface area contributed by atoms with Crippen molar-refractivity contribution in [1.82, 2.24) is 9.88 Å². The number of benzene rings is 2. The van der Waals surface area contributed by atoms with Gasteiger partial charge in [-0.15, -0.1) is 0 Å². The summed E-state index contributed by atoms with van der Waals surface area (Å²) in [5.74, 6) is -2.00. The molecule has 4 rings (SSSR count). The second-order valence-corrected chi connectivity index (χ2v) is 8.74. The Bertz CT molecular complexity index is 1480. The van der Waals surface area contributed by atoms with E-state index in [2.05, 4.69) is 5.32 Å². The monoisotopic (exact) mass is 512 g/mol. The number of hydrogen-bond acceptors (Lipinski definition) is 5. The van der Waals surface area contributed by atoms with E-state index in [1.807, 2.05) is 18.4 Å². The van der Waals surface area contributed by atoms with Gasteiger partial charge >= 0.3 is 0 Å². The number of aromatic nitrogens is 1. The van der Waals surface area contributed by atoms with Gasteiger partial charge in [-0.25, -0.2) is 4.39 Å². The summed E-state index contributed by atoms with van der Waals surface area (Å²) in [4.78, 5) is 37.7. The van der Waals surface area contributed by atoms with Gasteiger partial charge in [-0.1, -0.05) is 11.6 Å². The van der Waals surface area contributed by atoms with E-state index in [4.69, 9.17) is 23.8 Å². The molecule has 2 heterocycles. The van der Waals surface area contributed by atoms with E-state index in [1.54, 1.807) is 19.1 Å². The fourth-order valence-corrected chi connectivity index (χ4v) is 4.44. The van der Waals surface area contributed by atoms with Crippen LogP contribution in [0.4, 0.5) is 15.8 Å². The fraction of sp³-hybridized carbons (Fsp3) is 0.125. The molecule has 2 aromatic carbocycles. The van der Waals surface area contributed by atoms with Gasteiger partial charge in [0.05, 0.1) is 15.6 Å². The lowest BCUT2D eigenvalue weighted by Crippen LogP contribution is -2.54. The maximum absolute atomic E-state index is 13.6. The molecule has 0 unspecified atom stereocenters. The average Bonchev–Trinajstić information content (AvgIpc) is 3.06. The summed E-state index contributed by atoms with van der Waals surface area (Å²) >= 11 is 11.0. The van der Waals surface area contributed by atoms with Crippen molar-refractivity contribution in [2.45, 2.75) is 20.8 Å².